The van der Waals surface area contributed by atoms with E-state index in [0.717, 1.165) is 18.8 Å². The Kier molecular flexibility index (Phi) is 4.87. The molecule has 0 aliphatic heterocycles. The highest BCUT2D eigenvalue weighted by Crippen LogP contribution is 2.27. The number of rotatable bonds is 5. The second-order valence-corrected chi connectivity index (χ2v) is 5.48. The first-order valence-corrected chi connectivity index (χ1v) is 7.30. The summed E-state index contributed by atoms with van der Waals surface area (Å²) in [6, 6.07) is 8.01. The van der Waals surface area contributed by atoms with Gasteiger partial charge in [-0.3, -0.25) is 0 Å². The Labute approximate surface area is 121 Å². The average molecular weight is 295 g/mol. The van der Waals surface area contributed by atoms with E-state index in [4.69, 9.17) is 11.6 Å². The predicted octanol–water partition coefficient (Wildman–Crippen LogP) is 5.06. The minimum Gasteiger partial charge on any atom is -0.372 e. The standard InChI is InChI=1S/C13H15ClN4S/c1-3-18(4-2)11-7-5-10(6-8-11)16-17-13-15-9-12(14)19-13/h5-9H,3-4H2,1-2H3. The first kappa shape index (κ1) is 14.0. The van der Waals surface area contributed by atoms with Gasteiger partial charge in [0.15, 0.2) is 0 Å². The summed E-state index contributed by atoms with van der Waals surface area (Å²) in [6.07, 6.45) is 1.57. The maximum atomic E-state index is 5.78. The summed E-state index contributed by atoms with van der Waals surface area (Å²) in [4.78, 5) is 6.30. The quantitative estimate of drug-likeness (QED) is 0.723. The zero-order valence-electron chi connectivity index (χ0n) is 10.9. The zero-order chi connectivity index (χ0) is 13.7. The zero-order valence-corrected chi connectivity index (χ0v) is 12.4. The fourth-order valence-electron chi connectivity index (χ4n) is 1.71. The molecule has 0 amide bonds. The Balaban J connectivity index is 2.08. The first-order valence-electron chi connectivity index (χ1n) is 6.11. The van der Waals surface area contributed by atoms with Crippen LogP contribution in [-0.4, -0.2) is 18.1 Å². The third-order valence-corrected chi connectivity index (χ3v) is 3.69. The van der Waals surface area contributed by atoms with Crippen LogP contribution in [0.2, 0.25) is 4.34 Å². The lowest BCUT2D eigenvalue weighted by molar-refractivity contribution is 0.866. The molecule has 4 nitrogen and oxygen atoms in total. The third-order valence-electron chi connectivity index (χ3n) is 2.69. The van der Waals surface area contributed by atoms with Gasteiger partial charge >= 0.3 is 0 Å². The van der Waals surface area contributed by atoms with Crippen LogP contribution in [0, 0.1) is 0 Å². The van der Waals surface area contributed by atoms with E-state index in [1.165, 1.54) is 17.0 Å². The van der Waals surface area contributed by atoms with Gasteiger partial charge in [-0.1, -0.05) is 22.9 Å². The minimum absolute atomic E-state index is 0.567. The number of azo groups is 1. The van der Waals surface area contributed by atoms with E-state index in [9.17, 15) is 0 Å². The van der Waals surface area contributed by atoms with Crippen LogP contribution in [0.15, 0.2) is 40.7 Å². The maximum absolute atomic E-state index is 5.78. The van der Waals surface area contributed by atoms with Crippen molar-refractivity contribution in [3.05, 3.63) is 34.8 Å². The van der Waals surface area contributed by atoms with Gasteiger partial charge in [0.25, 0.3) is 0 Å². The van der Waals surface area contributed by atoms with Gasteiger partial charge in [0.1, 0.15) is 4.34 Å². The largest absolute Gasteiger partial charge is 0.372 e. The topological polar surface area (TPSA) is 40.9 Å². The molecule has 2 aromatic rings. The Bertz CT molecular complexity index is 546. The van der Waals surface area contributed by atoms with Crippen molar-refractivity contribution in [3.63, 3.8) is 0 Å². The number of thiazole rings is 1. The lowest BCUT2D eigenvalue weighted by Crippen LogP contribution is -2.21. The van der Waals surface area contributed by atoms with Crippen LogP contribution in [-0.2, 0) is 0 Å². The number of hydrogen-bond acceptors (Lipinski definition) is 5. The van der Waals surface area contributed by atoms with Gasteiger partial charge in [-0.15, -0.1) is 10.2 Å². The molecule has 19 heavy (non-hydrogen) atoms. The number of nitrogens with zero attached hydrogens (tertiary/aromatic N) is 4. The molecule has 0 radical (unpaired) electrons. The lowest BCUT2D eigenvalue weighted by Gasteiger charge is -2.20. The molecule has 0 atom stereocenters. The van der Waals surface area contributed by atoms with Gasteiger partial charge < -0.3 is 4.90 Å². The number of halogens is 1. The predicted molar refractivity (Wildman–Crippen MR) is 81.3 cm³/mol. The molecule has 0 spiro atoms. The molecule has 0 aliphatic rings. The van der Waals surface area contributed by atoms with E-state index in [0.29, 0.717) is 9.47 Å². The van der Waals surface area contributed by atoms with Crippen LogP contribution in [0.3, 0.4) is 0 Å². The Morgan fingerprint density at radius 2 is 1.84 bits per heavy atom. The summed E-state index contributed by atoms with van der Waals surface area (Å²) >= 11 is 7.09. The smallest absolute Gasteiger partial charge is 0.231 e. The summed E-state index contributed by atoms with van der Waals surface area (Å²) in [7, 11) is 0. The van der Waals surface area contributed by atoms with Crippen molar-refractivity contribution >= 4 is 39.4 Å². The molecule has 0 fully saturated rings. The number of aromatic nitrogens is 1. The number of anilines is 1. The Morgan fingerprint density at radius 3 is 2.37 bits per heavy atom. The van der Waals surface area contributed by atoms with Crippen LogP contribution < -0.4 is 4.90 Å². The van der Waals surface area contributed by atoms with E-state index in [1.54, 1.807) is 6.20 Å². The molecule has 0 saturated carbocycles. The summed E-state index contributed by atoms with van der Waals surface area (Å²) in [6.45, 7) is 6.27. The van der Waals surface area contributed by atoms with Crippen molar-refractivity contribution in [2.24, 2.45) is 10.2 Å². The molecule has 0 unspecified atom stereocenters. The SMILES string of the molecule is CCN(CC)c1ccc(N=Nc2ncc(Cl)s2)cc1. The Morgan fingerprint density at radius 1 is 1.16 bits per heavy atom. The van der Waals surface area contributed by atoms with E-state index in [1.807, 2.05) is 12.1 Å². The normalized spacial score (nSPS) is 11.1. The van der Waals surface area contributed by atoms with Crippen LogP contribution in [0.5, 0.6) is 0 Å². The fraction of sp³-hybridized carbons (Fsp3) is 0.308. The Hall–Kier alpha value is -1.46. The third kappa shape index (κ3) is 3.75. The van der Waals surface area contributed by atoms with Crippen molar-refractivity contribution in [2.45, 2.75) is 13.8 Å². The maximum Gasteiger partial charge on any atom is 0.231 e. The molecule has 2 rings (SSSR count). The molecule has 0 saturated heterocycles. The molecule has 1 aromatic carbocycles. The second-order valence-electron chi connectivity index (χ2n) is 3.84. The second kappa shape index (κ2) is 6.63. The van der Waals surface area contributed by atoms with Gasteiger partial charge in [-0.25, -0.2) is 4.98 Å². The highest BCUT2D eigenvalue weighted by molar-refractivity contribution is 7.19. The van der Waals surface area contributed by atoms with Gasteiger partial charge in [-0.05, 0) is 38.1 Å². The number of hydrogen-bond donors (Lipinski definition) is 0. The van der Waals surface area contributed by atoms with Crippen LogP contribution >= 0.6 is 22.9 Å². The fourth-order valence-corrected chi connectivity index (χ4v) is 2.43. The highest BCUT2D eigenvalue weighted by Gasteiger charge is 2.01. The molecule has 0 aliphatic carbocycles. The highest BCUT2D eigenvalue weighted by atomic mass is 35.5. The van der Waals surface area contributed by atoms with Crippen molar-refractivity contribution in [1.82, 2.24) is 4.98 Å². The summed E-state index contributed by atoms with van der Waals surface area (Å²) in [5.41, 5.74) is 2.00. The molecular formula is C13H15ClN4S. The monoisotopic (exact) mass is 294 g/mol. The van der Waals surface area contributed by atoms with Gasteiger partial charge in [0.05, 0.1) is 11.9 Å². The first-order chi connectivity index (χ1) is 9.22. The molecule has 0 bridgehead atoms. The lowest BCUT2D eigenvalue weighted by atomic mass is 10.2. The molecule has 1 aromatic heterocycles. The van der Waals surface area contributed by atoms with Crippen LogP contribution in [0.25, 0.3) is 0 Å². The number of benzene rings is 1. The molecule has 6 heteroatoms. The van der Waals surface area contributed by atoms with Crippen LogP contribution in [0.1, 0.15) is 13.8 Å². The van der Waals surface area contributed by atoms with Crippen molar-refractivity contribution in [3.8, 4) is 0 Å². The summed E-state index contributed by atoms with van der Waals surface area (Å²) in [5.74, 6) is 0. The average Bonchev–Trinajstić information content (AvgIpc) is 2.85. The minimum atomic E-state index is 0.567. The van der Waals surface area contributed by atoms with Crippen molar-refractivity contribution in [2.75, 3.05) is 18.0 Å². The molecule has 1 heterocycles. The van der Waals surface area contributed by atoms with Gasteiger partial charge in [-0.2, -0.15) is 0 Å². The summed E-state index contributed by atoms with van der Waals surface area (Å²) < 4.78 is 0.617. The van der Waals surface area contributed by atoms with Gasteiger partial charge in [0.2, 0.25) is 5.13 Å². The van der Waals surface area contributed by atoms with Crippen LogP contribution in [0.4, 0.5) is 16.5 Å². The molecule has 100 valence electrons. The molecule has 0 N–H and O–H groups in total. The van der Waals surface area contributed by atoms with Gasteiger partial charge in [0, 0.05) is 18.8 Å². The van der Waals surface area contributed by atoms with E-state index in [2.05, 4.69) is 46.1 Å². The van der Waals surface area contributed by atoms with E-state index >= 15 is 0 Å². The summed E-state index contributed by atoms with van der Waals surface area (Å²) in [5, 5.41) is 8.75. The van der Waals surface area contributed by atoms with Crippen molar-refractivity contribution in [1.29, 1.82) is 0 Å². The molecular weight excluding hydrogens is 280 g/mol. The van der Waals surface area contributed by atoms with E-state index in [-0.39, 0.29) is 0 Å². The van der Waals surface area contributed by atoms with Crippen molar-refractivity contribution < 1.29 is 0 Å². The van der Waals surface area contributed by atoms with E-state index < -0.39 is 0 Å².